The maximum Gasteiger partial charge on any atom is 0.264 e. The molecule has 0 aliphatic rings. The lowest BCUT2D eigenvalue weighted by Crippen LogP contribution is -2.13. The van der Waals surface area contributed by atoms with Gasteiger partial charge >= 0.3 is 0 Å². The number of rotatable bonds is 4. The first-order chi connectivity index (χ1) is 8.92. The van der Waals surface area contributed by atoms with Gasteiger partial charge in [0.05, 0.1) is 5.02 Å². The van der Waals surface area contributed by atoms with Gasteiger partial charge in [0, 0.05) is 16.2 Å². The molecule has 1 aromatic heterocycles. The van der Waals surface area contributed by atoms with Crippen molar-refractivity contribution < 1.29 is 8.42 Å². The number of hydrogen-bond donors (Lipinski definition) is 2. The number of aromatic amines is 1. The minimum atomic E-state index is -3.74. The zero-order chi connectivity index (χ0) is 14.0. The molecule has 2 N–H and O–H groups in total. The average molecular weight is 365 g/mol. The van der Waals surface area contributed by atoms with Gasteiger partial charge in [0.15, 0.2) is 5.82 Å². The molecule has 0 amide bonds. The van der Waals surface area contributed by atoms with Crippen LogP contribution in [-0.2, 0) is 16.4 Å². The summed E-state index contributed by atoms with van der Waals surface area (Å²) in [5.74, 6) is 0.246. The minimum absolute atomic E-state index is 0.0124. The number of aryl methyl sites for hydroxylation is 1. The molecule has 0 saturated carbocycles. The fourth-order valence-electron chi connectivity index (χ4n) is 1.48. The second-order valence-electron chi connectivity index (χ2n) is 3.81. The smallest absolute Gasteiger partial charge is 0.264 e. The Hall–Kier alpha value is -1.05. The Bertz CT molecular complexity index is 700. The number of halogens is 2. The van der Waals surface area contributed by atoms with Gasteiger partial charge in [-0.15, -0.1) is 0 Å². The summed E-state index contributed by atoms with van der Waals surface area (Å²) in [7, 11) is -3.74. The summed E-state index contributed by atoms with van der Waals surface area (Å²) < 4.78 is 27.4. The molecule has 0 radical (unpaired) electrons. The van der Waals surface area contributed by atoms with Crippen LogP contribution in [0.25, 0.3) is 0 Å². The number of anilines is 1. The molecular formula is C11H11BrClN3O2S. The van der Waals surface area contributed by atoms with Crippen molar-refractivity contribution >= 4 is 43.4 Å². The Kier molecular flexibility index (Phi) is 4.17. The molecule has 0 saturated heterocycles. The highest BCUT2D eigenvalue weighted by molar-refractivity contribution is 9.10. The normalized spacial score (nSPS) is 11.5. The van der Waals surface area contributed by atoms with E-state index >= 15 is 0 Å². The van der Waals surface area contributed by atoms with Crippen molar-refractivity contribution in [2.75, 3.05) is 4.72 Å². The number of H-pyrrole nitrogens is 1. The van der Waals surface area contributed by atoms with Crippen LogP contribution in [0.2, 0.25) is 5.02 Å². The molecule has 102 valence electrons. The van der Waals surface area contributed by atoms with Crippen molar-refractivity contribution in [2.45, 2.75) is 18.2 Å². The van der Waals surface area contributed by atoms with Crippen LogP contribution in [0.15, 0.2) is 33.6 Å². The zero-order valence-corrected chi connectivity index (χ0v) is 13.1. The van der Waals surface area contributed by atoms with E-state index in [4.69, 9.17) is 11.6 Å². The second-order valence-corrected chi connectivity index (χ2v) is 6.79. The van der Waals surface area contributed by atoms with E-state index < -0.39 is 10.0 Å². The van der Waals surface area contributed by atoms with Crippen LogP contribution in [0, 0.1) is 0 Å². The highest BCUT2D eigenvalue weighted by atomic mass is 79.9. The van der Waals surface area contributed by atoms with Crippen LogP contribution in [0.4, 0.5) is 5.82 Å². The highest BCUT2D eigenvalue weighted by Crippen LogP contribution is 2.26. The summed E-state index contributed by atoms with van der Waals surface area (Å²) in [4.78, 5) is 0.0124. The quantitative estimate of drug-likeness (QED) is 0.875. The van der Waals surface area contributed by atoms with Crippen molar-refractivity contribution in [3.63, 3.8) is 0 Å². The van der Waals surface area contributed by atoms with E-state index in [2.05, 4.69) is 30.8 Å². The van der Waals surface area contributed by atoms with E-state index in [0.29, 0.717) is 4.47 Å². The number of sulfonamides is 1. The molecule has 0 spiro atoms. The summed E-state index contributed by atoms with van der Waals surface area (Å²) in [6, 6.07) is 6.22. The molecule has 0 fully saturated rings. The molecule has 5 nitrogen and oxygen atoms in total. The van der Waals surface area contributed by atoms with Crippen LogP contribution in [0.1, 0.15) is 12.6 Å². The number of benzene rings is 1. The molecule has 8 heteroatoms. The summed E-state index contributed by atoms with van der Waals surface area (Å²) >= 11 is 9.16. The molecule has 0 aliphatic heterocycles. The maximum absolute atomic E-state index is 12.2. The van der Waals surface area contributed by atoms with E-state index in [9.17, 15) is 8.42 Å². The molecule has 2 aromatic rings. The van der Waals surface area contributed by atoms with Gasteiger partial charge in [0.1, 0.15) is 4.90 Å². The zero-order valence-electron chi connectivity index (χ0n) is 9.94. The molecule has 0 atom stereocenters. The lowest BCUT2D eigenvalue weighted by Gasteiger charge is -2.07. The number of hydrogen-bond acceptors (Lipinski definition) is 3. The number of aromatic nitrogens is 2. The van der Waals surface area contributed by atoms with E-state index in [-0.39, 0.29) is 15.7 Å². The first kappa shape index (κ1) is 14.4. The van der Waals surface area contributed by atoms with E-state index in [1.807, 2.05) is 6.92 Å². The van der Waals surface area contributed by atoms with Gasteiger partial charge in [-0.3, -0.25) is 9.82 Å². The highest BCUT2D eigenvalue weighted by Gasteiger charge is 2.19. The van der Waals surface area contributed by atoms with Crippen molar-refractivity contribution in [2.24, 2.45) is 0 Å². The number of nitrogens with one attached hydrogen (secondary N) is 2. The van der Waals surface area contributed by atoms with E-state index in [1.54, 1.807) is 12.1 Å². The first-order valence-electron chi connectivity index (χ1n) is 5.44. The van der Waals surface area contributed by atoms with Crippen molar-refractivity contribution in [3.8, 4) is 0 Å². The van der Waals surface area contributed by atoms with E-state index in [0.717, 1.165) is 12.1 Å². The molecule has 19 heavy (non-hydrogen) atoms. The Morgan fingerprint density at radius 1 is 1.42 bits per heavy atom. The van der Waals surface area contributed by atoms with Gasteiger partial charge in [-0.25, -0.2) is 8.42 Å². The van der Waals surface area contributed by atoms with Crippen molar-refractivity contribution in [3.05, 3.63) is 39.5 Å². The third-order valence-corrected chi connectivity index (χ3v) is 4.77. The van der Waals surface area contributed by atoms with Crippen LogP contribution in [-0.4, -0.2) is 18.6 Å². The lowest BCUT2D eigenvalue weighted by atomic mass is 10.3. The largest absolute Gasteiger partial charge is 0.280 e. The van der Waals surface area contributed by atoms with Gasteiger partial charge in [0.25, 0.3) is 10.0 Å². The molecule has 0 bridgehead atoms. The molecule has 0 unspecified atom stereocenters. The van der Waals surface area contributed by atoms with Gasteiger partial charge in [-0.2, -0.15) is 5.10 Å². The molecule has 1 aromatic carbocycles. The number of nitrogens with zero attached hydrogens (tertiary/aromatic N) is 1. The van der Waals surface area contributed by atoms with Gasteiger partial charge in [-0.05, 0) is 24.6 Å². The van der Waals surface area contributed by atoms with Crippen molar-refractivity contribution in [1.29, 1.82) is 0 Å². The third kappa shape index (κ3) is 3.29. The minimum Gasteiger partial charge on any atom is -0.280 e. The summed E-state index contributed by atoms with van der Waals surface area (Å²) in [5, 5.41) is 6.76. The van der Waals surface area contributed by atoms with Gasteiger partial charge in [0.2, 0.25) is 0 Å². The van der Waals surface area contributed by atoms with Crippen LogP contribution < -0.4 is 4.72 Å². The summed E-state index contributed by atoms with van der Waals surface area (Å²) in [5.41, 5.74) is 0.847. The van der Waals surface area contributed by atoms with Gasteiger partial charge < -0.3 is 0 Å². The molecule has 2 rings (SSSR count). The Labute approximate surface area is 124 Å². The van der Waals surface area contributed by atoms with E-state index in [1.165, 1.54) is 12.1 Å². The fourth-order valence-corrected chi connectivity index (χ4v) is 3.51. The van der Waals surface area contributed by atoms with Crippen molar-refractivity contribution in [1.82, 2.24) is 10.2 Å². The standard InChI is InChI=1S/C11H11BrClN3O2S/c1-2-8-6-11(15-14-8)16-19(17,18)10-4-3-7(12)5-9(10)13/h3-6H,2H2,1H3,(H2,14,15,16). The lowest BCUT2D eigenvalue weighted by molar-refractivity contribution is 0.601. The Balaban J connectivity index is 2.32. The SMILES string of the molecule is CCc1cc(NS(=O)(=O)c2ccc(Br)cc2Cl)n[nH]1. The molecule has 1 heterocycles. The summed E-state index contributed by atoms with van der Waals surface area (Å²) in [6.07, 6.45) is 0.744. The summed E-state index contributed by atoms with van der Waals surface area (Å²) in [6.45, 7) is 1.94. The molecular weight excluding hydrogens is 354 g/mol. The second kappa shape index (κ2) is 5.52. The Morgan fingerprint density at radius 3 is 2.74 bits per heavy atom. The fraction of sp³-hybridized carbons (Fsp3) is 0.182. The van der Waals surface area contributed by atoms with Crippen LogP contribution >= 0.6 is 27.5 Å². The first-order valence-corrected chi connectivity index (χ1v) is 8.10. The topological polar surface area (TPSA) is 74.8 Å². The average Bonchev–Trinajstić information content (AvgIpc) is 2.75. The predicted octanol–water partition coefficient (Wildman–Crippen LogP) is 3.19. The third-order valence-electron chi connectivity index (χ3n) is 2.43. The Morgan fingerprint density at radius 2 is 2.16 bits per heavy atom. The maximum atomic E-state index is 12.2. The monoisotopic (exact) mass is 363 g/mol. The predicted molar refractivity (Wildman–Crippen MR) is 77.9 cm³/mol. The van der Waals surface area contributed by atoms with Crippen LogP contribution in [0.3, 0.4) is 0 Å². The van der Waals surface area contributed by atoms with Gasteiger partial charge in [-0.1, -0.05) is 34.5 Å². The molecule has 0 aliphatic carbocycles. The van der Waals surface area contributed by atoms with Crippen LogP contribution in [0.5, 0.6) is 0 Å².